The molecule has 0 amide bonds. The number of hydrogen-bond acceptors (Lipinski definition) is 3. The smallest absolute Gasteiger partial charge is 0.160 e. The van der Waals surface area contributed by atoms with Crippen LogP contribution in [0, 0.1) is 10.5 Å². The molecular formula is C13H14IN5. The Bertz CT molecular complexity index is 740. The van der Waals surface area contributed by atoms with Gasteiger partial charge in [0.05, 0.1) is 20.7 Å². The third-order valence-corrected chi connectivity index (χ3v) is 4.18. The molecule has 0 spiro atoms. The highest BCUT2D eigenvalue weighted by Crippen LogP contribution is 2.29. The van der Waals surface area contributed by atoms with Crippen LogP contribution < -0.4 is 0 Å². The minimum absolute atomic E-state index is 0.254. The minimum Gasteiger partial charge on any atom is -0.263 e. The fraction of sp³-hybridized carbons (Fsp3) is 0.308. The number of H-pyrrole nitrogens is 1. The van der Waals surface area contributed by atoms with Crippen molar-refractivity contribution in [3.8, 4) is 0 Å². The van der Waals surface area contributed by atoms with Crippen molar-refractivity contribution in [2.24, 2.45) is 0 Å². The number of aromatic nitrogens is 5. The molecule has 98 valence electrons. The Kier molecular flexibility index (Phi) is 2.84. The molecule has 0 atom stereocenters. The number of pyridine rings is 1. The van der Waals surface area contributed by atoms with E-state index in [-0.39, 0.29) is 5.41 Å². The van der Waals surface area contributed by atoms with E-state index < -0.39 is 0 Å². The maximum Gasteiger partial charge on any atom is 0.160 e. The van der Waals surface area contributed by atoms with Crippen LogP contribution in [0.2, 0.25) is 0 Å². The third kappa shape index (κ3) is 2.03. The van der Waals surface area contributed by atoms with Crippen molar-refractivity contribution >= 4 is 28.1 Å². The predicted octanol–water partition coefficient (Wildman–Crippen LogP) is 2.69. The Hall–Kier alpha value is -1.44. The van der Waals surface area contributed by atoms with E-state index in [1.54, 1.807) is 0 Å². The molecule has 0 bridgehead atoms. The maximum absolute atomic E-state index is 4.45. The second kappa shape index (κ2) is 4.29. The van der Waals surface area contributed by atoms with E-state index in [0.717, 1.165) is 26.3 Å². The number of rotatable bonds is 2. The zero-order chi connectivity index (χ0) is 13.6. The van der Waals surface area contributed by atoms with Gasteiger partial charge >= 0.3 is 0 Å². The zero-order valence-electron chi connectivity index (χ0n) is 11.0. The molecule has 0 saturated heterocycles. The standard InChI is InChI=1S/C13H14IN5/c1-8-16-12(18-17-8)13(2,3)9-4-5-11-10(14)6-15-19(11)7-9/h4-7H,1-3H3,(H,16,17,18). The SMILES string of the molecule is Cc1nc(C(C)(C)c2ccc3c(I)cnn3c2)n[nH]1. The van der Waals surface area contributed by atoms with Crippen LogP contribution in [0.25, 0.3) is 5.52 Å². The van der Waals surface area contributed by atoms with Crippen LogP contribution in [-0.4, -0.2) is 24.8 Å². The lowest BCUT2D eigenvalue weighted by molar-refractivity contribution is 0.588. The summed E-state index contributed by atoms with van der Waals surface area (Å²) in [6.45, 7) is 6.14. The summed E-state index contributed by atoms with van der Waals surface area (Å²) in [5.41, 5.74) is 2.00. The molecule has 0 aliphatic rings. The molecule has 3 aromatic heterocycles. The third-order valence-electron chi connectivity index (χ3n) is 3.35. The van der Waals surface area contributed by atoms with Crippen LogP contribution in [0.1, 0.15) is 31.1 Å². The quantitative estimate of drug-likeness (QED) is 0.709. The monoisotopic (exact) mass is 367 g/mol. The lowest BCUT2D eigenvalue weighted by Crippen LogP contribution is -2.21. The number of aromatic amines is 1. The van der Waals surface area contributed by atoms with Crippen molar-refractivity contribution in [1.82, 2.24) is 24.8 Å². The average molecular weight is 367 g/mol. The topological polar surface area (TPSA) is 58.9 Å². The number of aryl methyl sites for hydroxylation is 1. The summed E-state index contributed by atoms with van der Waals surface area (Å²) in [7, 11) is 0. The first-order valence-corrected chi connectivity index (χ1v) is 7.09. The van der Waals surface area contributed by atoms with Crippen LogP contribution in [-0.2, 0) is 5.41 Å². The van der Waals surface area contributed by atoms with Gasteiger partial charge in [-0.3, -0.25) is 5.10 Å². The van der Waals surface area contributed by atoms with Crippen LogP contribution in [0.15, 0.2) is 24.5 Å². The van der Waals surface area contributed by atoms with Crippen molar-refractivity contribution in [3.63, 3.8) is 0 Å². The molecule has 0 saturated carbocycles. The first-order valence-electron chi connectivity index (χ1n) is 6.01. The largest absolute Gasteiger partial charge is 0.263 e. The van der Waals surface area contributed by atoms with Gasteiger partial charge < -0.3 is 0 Å². The Morgan fingerprint density at radius 3 is 2.79 bits per heavy atom. The Balaban J connectivity index is 2.12. The zero-order valence-corrected chi connectivity index (χ0v) is 13.1. The molecule has 6 heteroatoms. The van der Waals surface area contributed by atoms with Crippen molar-refractivity contribution in [1.29, 1.82) is 0 Å². The van der Waals surface area contributed by atoms with Gasteiger partial charge in [-0.2, -0.15) is 10.2 Å². The fourth-order valence-electron chi connectivity index (χ4n) is 2.07. The van der Waals surface area contributed by atoms with Crippen LogP contribution in [0.4, 0.5) is 0 Å². The van der Waals surface area contributed by atoms with E-state index >= 15 is 0 Å². The van der Waals surface area contributed by atoms with Gasteiger partial charge in [0.15, 0.2) is 5.82 Å². The molecule has 5 nitrogen and oxygen atoms in total. The molecule has 0 unspecified atom stereocenters. The first kappa shape index (κ1) is 12.6. The van der Waals surface area contributed by atoms with Crippen LogP contribution in [0.3, 0.4) is 0 Å². The lowest BCUT2D eigenvalue weighted by atomic mass is 9.85. The second-order valence-corrected chi connectivity index (χ2v) is 6.27. The van der Waals surface area contributed by atoms with Crippen molar-refractivity contribution in [2.45, 2.75) is 26.2 Å². The van der Waals surface area contributed by atoms with Gasteiger partial charge in [0.1, 0.15) is 5.82 Å². The van der Waals surface area contributed by atoms with Gasteiger partial charge in [-0.05, 0) is 55.0 Å². The van der Waals surface area contributed by atoms with E-state index in [4.69, 9.17) is 0 Å². The molecule has 3 heterocycles. The van der Waals surface area contributed by atoms with E-state index in [9.17, 15) is 0 Å². The Morgan fingerprint density at radius 1 is 1.32 bits per heavy atom. The highest BCUT2D eigenvalue weighted by Gasteiger charge is 2.28. The van der Waals surface area contributed by atoms with Crippen LogP contribution in [0.5, 0.6) is 0 Å². The predicted molar refractivity (Wildman–Crippen MR) is 81.2 cm³/mol. The molecule has 0 fully saturated rings. The summed E-state index contributed by atoms with van der Waals surface area (Å²) in [5.74, 6) is 1.63. The number of nitrogens with one attached hydrogen (secondary N) is 1. The highest BCUT2D eigenvalue weighted by molar-refractivity contribution is 14.1. The first-order chi connectivity index (χ1) is 8.98. The molecule has 19 heavy (non-hydrogen) atoms. The number of nitrogens with zero attached hydrogens (tertiary/aromatic N) is 4. The molecule has 0 aromatic carbocycles. The van der Waals surface area contributed by atoms with Gasteiger partial charge in [-0.1, -0.05) is 6.07 Å². The fourth-order valence-corrected chi connectivity index (χ4v) is 2.63. The second-order valence-electron chi connectivity index (χ2n) is 5.11. The van der Waals surface area contributed by atoms with E-state index in [1.165, 1.54) is 0 Å². The highest BCUT2D eigenvalue weighted by atomic mass is 127. The molecule has 1 N–H and O–H groups in total. The van der Waals surface area contributed by atoms with Crippen molar-refractivity contribution in [2.75, 3.05) is 0 Å². The normalized spacial score (nSPS) is 12.2. The lowest BCUT2D eigenvalue weighted by Gasteiger charge is -2.21. The van der Waals surface area contributed by atoms with Gasteiger partial charge in [0, 0.05) is 6.20 Å². The number of halogens is 1. The molecule has 0 aliphatic heterocycles. The maximum atomic E-state index is 4.45. The van der Waals surface area contributed by atoms with Gasteiger partial charge in [0.25, 0.3) is 0 Å². The molecule has 3 rings (SSSR count). The van der Waals surface area contributed by atoms with Gasteiger partial charge in [-0.25, -0.2) is 9.50 Å². The molecule has 3 aromatic rings. The van der Waals surface area contributed by atoms with E-state index in [0.29, 0.717) is 0 Å². The summed E-state index contributed by atoms with van der Waals surface area (Å²) in [6.07, 6.45) is 3.91. The molecular weight excluding hydrogens is 353 g/mol. The summed E-state index contributed by atoms with van der Waals surface area (Å²) in [6, 6.07) is 4.20. The number of hydrogen-bond donors (Lipinski definition) is 1. The van der Waals surface area contributed by atoms with E-state index in [2.05, 4.69) is 68.9 Å². The summed E-state index contributed by atoms with van der Waals surface area (Å²) < 4.78 is 3.05. The Morgan fingerprint density at radius 2 is 2.11 bits per heavy atom. The minimum atomic E-state index is -0.254. The van der Waals surface area contributed by atoms with E-state index in [1.807, 2.05) is 23.8 Å². The average Bonchev–Trinajstić information content (AvgIpc) is 2.96. The number of fused-ring (bicyclic) bond motifs is 1. The van der Waals surface area contributed by atoms with Crippen molar-refractivity contribution < 1.29 is 0 Å². The van der Waals surface area contributed by atoms with Crippen molar-refractivity contribution in [3.05, 3.63) is 45.3 Å². The summed E-state index contributed by atoms with van der Waals surface area (Å²) in [5, 5.41) is 11.5. The Labute approximate surface area is 124 Å². The van der Waals surface area contributed by atoms with Gasteiger partial charge in [0.2, 0.25) is 0 Å². The van der Waals surface area contributed by atoms with Crippen LogP contribution >= 0.6 is 22.6 Å². The van der Waals surface area contributed by atoms with Gasteiger partial charge in [-0.15, -0.1) is 0 Å². The summed E-state index contributed by atoms with van der Waals surface area (Å²) in [4.78, 5) is 4.45. The summed E-state index contributed by atoms with van der Waals surface area (Å²) >= 11 is 2.29. The molecule has 0 aliphatic carbocycles. The molecule has 0 radical (unpaired) electrons.